The fraction of sp³-hybridized carbons (Fsp3) is 0. The Hall–Kier alpha value is -4.86. The second kappa shape index (κ2) is 10.3. The standard InChI is InChI=1S/C22H20N6O4/c23-21(31)28(18-9-5-2-6-10-18)27-20(30)16-13-11-15(12-14-16)19(29)25-26-22(32)24-17-7-3-1-4-8-17/h1-14H,(H2,23,31)(H,25,29)(H,27,30)(H2,24,26,32). The predicted molar refractivity (Wildman–Crippen MR) is 118 cm³/mol. The van der Waals surface area contributed by atoms with Gasteiger partial charge in [0.15, 0.2) is 0 Å². The normalized spacial score (nSPS) is 9.88. The molecule has 0 unspecified atom stereocenters. The number of carbonyl (C=O) groups excluding carboxylic acids is 4. The number of anilines is 2. The minimum atomic E-state index is -0.861. The first-order valence-corrected chi connectivity index (χ1v) is 9.42. The Balaban J connectivity index is 1.56. The van der Waals surface area contributed by atoms with Gasteiger partial charge in [0.05, 0.1) is 5.69 Å². The quantitative estimate of drug-likeness (QED) is 0.403. The van der Waals surface area contributed by atoms with E-state index in [-0.39, 0.29) is 11.1 Å². The van der Waals surface area contributed by atoms with Gasteiger partial charge in [-0.2, -0.15) is 0 Å². The smallest absolute Gasteiger partial charge is 0.338 e. The van der Waals surface area contributed by atoms with E-state index in [1.54, 1.807) is 54.6 Å². The van der Waals surface area contributed by atoms with Crippen molar-refractivity contribution in [2.75, 3.05) is 10.3 Å². The molecule has 0 fully saturated rings. The van der Waals surface area contributed by atoms with E-state index in [2.05, 4.69) is 21.6 Å². The minimum Gasteiger partial charge on any atom is -0.350 e. The van der Waals surface area contributed by atoms with Crippen LogP contribution in [-0.2, 0) is 0 Å². The van der Waals surface area contributed by atoms with Crippen molar-refractivity contribution in [1.82, 2.24) is 16.3 Å². The summed E-state index contributed by atoms with van der Waals surface area (Å²) in [6, 6.07) is 21.2. The molecule has 0 saturated heterocycles. The van der Waals surface area contributed by atoms with Crippen molar-refractivity contribution in [3.05, 3.63) is 96.1 Å². The van der Waals surface area contributed by atoms with Gasteiger partial charge in [-0.25, -0.2) is 20.0 Å². The Morgan fingerprint density at radius 2 is 1.19 bits per heavy atom. The van der Waals surface area contributed by atoms with Crippen LogP contribution in [0.4, 0.5) is 21.0 Å². The zero-order chi connectivity index (χ0) is 22.9. The van der Waals surface area contributed by atoms with Crippen LogP contribution in [0.15, 0.2) is 84.9 Å². The maximum atomic E-state index is 12.5. The lowest BCUT2D eigenvalue weighted by molar-refractivity contribution is 0.0931. The maximum Gasteiger partial charge on any atom is 0.338 e. The number of hydrazine groups is 2. The van der Waals surface area contributed by atoms with E-state index < -0.39 is 23.9 Å². The SMILES string of the molecule is NC(=O)N(NC(=O)c1ccc(C(=O)NNC(=O)Nc2ccccc2)cc1)c1ccccc1. The molecule has 6 amide bonds. The summed E-state index contributed by atoms with van der Waals surface area (Å²) < 4.78 is 0. The molecule has 3 aromatic rings. The molecule has 3 rings (SSSR count). The number of primary amides is 1. The molecule has 0 atom stereocenters. The van der Waals surface area contributed by atoms with E-state index >= 15 is 0 Å². The van der Waals surface area contributed by atoms with Gasteiger partial charge in [-0.3, -0.25) is 20.4 Å². The highest BCUT2D eigenvalue weighted by Crippen LogP contribution is 2.12. The van der Waals surface area contributed by atoms with E-state index in [0.29, 0.717) is 11.4 Å². The van der Waals surface area contributed by atoms with E-state index in [0.717, 1.165) is 5.01 Å². The lowest BCUT2D eigenvalue weighted by Gasteiger charge is -2.21. The zero-order valence-corrected chi connectivity index (χ0v) is 16.7. The van der Waals surface area contributed by atoms with Gasteiger partial charge in [0.1, 0.15) is 0 Å². The van der Waals surface area contributed by atoms with Gasteiger partial charge in [-0.05, 0) is 48.5 Å². The molecule has 0 bridgehead atoms. The molecular formula is C22H20N6O4. The molecule has 0 aliphatic rings. The van der Waals surface area contributed by atoms with Crippen LogP contribution in [0.3, 0.4) is 0 Å². The number of rotatable bonds is 4. The summed E-state index contributed by atoms with van der Waals surface area (Å²) >= 11 is 0. The summed E-state index contributed by atoms with van der Waals surface area (Å²) in [5.74, 6) is -1.18. The molecule has 10 heteroatoms. The van der Waals surface area contributed by atoms with Gasteiger partial charge in [-0.1, -0.05) is 36.4 Å². The Kier molecular flexibility index (Phi) is 7.00. The number of hydrogen-bond donors (Lipinski definition) is 5. The Morgan fingerprint density at radius 3 is 1.75 bits per heavy atom. The predicted octanol–water partition coefficient (Wildman–Crippen LogP) is 2.38. The molecule has 6 N–H and O–H groups in total. The van der Waals surface area contributed by atoms with Gasteiger partial charge >= 0.3 is 12.1 Å². The fourth-order valence-corrected chi connectivity index (χ4v) is 2.63. The first-order chi connectivity index (χ1) is 15.4. The molecule has 32 heavy (non-hydrogen) atoms. The van der Waals surface area contributed by atoms with Gasteiger partial charge in [0.2, 0.25) is 0 Å². The van der Waals surface area contributed by atoms with E-state index in [9.17, 15) is 19.2 Å². The van der Waals surface area contributed by atoms with Crippen molar-refractivity contribution < 1.29 is 19.2 Å². The minimum absolute atomic E-state index is 0.193. The third kappa shape index (κ3) is 5.83. The number of para-hydroxylation sites is 2. The number of nitrogens with two attached hydrogens (primary N) is 1. The number of nitrogens with one attached hydrogen (secondary N) is 4. The molecule has 0 heterocycles. The summed E-state index contributed by atoms with van der Waals surface area (Å²) in [5, 5.41) is 3.47. The second-order valence-electron chi connectivity index (χ2n) is 6.43. The molecule has 0 saturated carbocycles. The largest absolute Gasteiger partial charge is 0.350 e. The summed E-state index contributed by atoms with van der Waals surface area (Å²) in [6.45, 7) is 0. The molecule has 0 aromatic heterocycles. The van der Waals surface area contributed by atoms with Crippen molar-refractivity contribution >= 4 is 35.3 Å². The van der Waals surface area contributed by atoms with Crippen LogP contribution in [0.2, 0.25) is 0 Å². The Morgan fingerprint density at radius 1 is 0.656 bits per heavy atom. The molecule has 3 aromatic carbocycles. The summed E-state index contributed by atoms with van der Waals surface area (Å²) in [6.07, 6.45) is 0. The number of carbonyl (C=O) groups is 4. The second-order valence-corrected chi connectivity index (χ2v) is 6.43. The van der Waals surface area contributed by atoms with Crippen LogP contribution in [0.1, 0.15) is 20.7 Å². The van der Waals surface area contributed by atoms with Crippen molar-refractivity contribution in [1.29, 1.82) is 0 Å². The van der Waals surface area contributed by atoms with Crippen LogP contribution in [0.25, 0.3) is 0 Å². The van der Waals surface area contributed by atoms with Gasteiger partial charge in [0.25, 0.3) is 11.8 Å². The van der Waals surface area contributed by atoms with E-state index in [1.165, 1.54) is 24.3 Å². The van der Waals surface area contributed by atoms with Crippen molar-refractivity contribution in [3.8, 4) is 0 Å². The average Bonchev–Trinajstić information content (AvgIpc) is 2.82. The number of hydrogen-bond acceptors (Lipinski definition) is 4. The van der Waals surface area contributed by atoms with Crippen LogP contribution in [-0.4, -0.2) is 23.9 Å². The number of nitrogens with zero attached hydrogens (tertiary/aromatic N) is 1. The molecule has 0 aliphatic carbocycles. The zero-order valence-electron chi connectivity index (χ0n) is 16.7. The molecular weight excluding hydrogens is 412 g/mol. The van der Waals surface area contributed by atoms with Gasteiger partial charge in [0, 0.05) is 16.8 Å². The fourth-order valence-electron chi connectivity index (χ4n) is 2.63. The lowest BCUT2D eigenvalue weighted by atomic mass is 10.1. The van der Waals surface area contributed by atoms with Crippen LogP contribution in [0.5, 0.6) is 0 Å². The topological polar surface area (TPSA) is 146 Å². The van der Waals surface area contributed by atoms with Crippen LogP contribution >= 0.6 is 0 Å². The highest BCUT2D eigenvalue weighted by Gasteiger charge is 2.17. The first kappa shape index (κ1) is 21.8. The summed E-state index contributed by atoms with van der Waals surface area (Å²) in [4.78, 5) is 48.2. The first-order valence-electron chi connectivity index (χ1n) is 9.42. The Labute approximate surface area is 183 Å². The molecule has 0 radical (unpaired) electrons. The molecule has 0 spiro atoms. The van der Waals surface area contributed by atoms with Gasteiger partial charge < -0.3 is 11.1 Å². The lowest BCUT2D eigenvalue weighted by Crippen LogP contribution is -2.49. The highest BCUT2D eigenvalue weighted by molar-refractivity contribution is 6.02. The molecule has 0 aliphatic heterocycles. The van der Waals surface area contributed by atoms with Gasteiger partial charge in [-0.15, -0.1) is 0 Å². The molecule has 162 valence electrons. The summed E-state index contributed by atoms with van der Waals surface area (Å²) in [7, 11) is 0. The van der Waals surface area contributed by atoms with Crippen LogP contribution < -0.4 is 32.3 Å². The van der Waals surface area contributed by atoms with Crippen molar-refractivity contribution in [3.63, 3.8) is 0 Å². The Bertz CT molecular complexity index is 1100. The third-order valence-electron chi connectivity index (χ3n) is 4.18. The molecule has 10 nitrogen and oxygen atoms in total. The number of benzene rings is 3. The monoisotopic (exact) mass is 432 g/mol. The average molecular weight is 432 g/mol. The number of urea groups is 2. The van der Waals surface area contributed by atoms with E-state index in [4.69, 9.17) is 5.73 Å². The maximum absolute atomic E-state index is 12.5. The summed E-state index contributed by atoms with van der Waals surface area (Å²) in [5.41, 5.74) is 13.6. The van der Waals surface area contributed by atoms with Crippen molar-refractivity contribution in [2.24, 2.45) is 5.73 Å². The highest BCUT2D eigenvalue weighted by atomic mass is 16.2. The van der Waals surface area contributed by atoms with Crippen LogP contribution in [0, 0.1) is 0 Å². The third-order valence-corrected chi connectivity index (χ3v) is 4.18. The van der Waals surface area contributed by atoms with E-state index in [1.807, 2.05) is 6.07 Å². The van der Waals surface area contributed by atoms with Crippen molar-refractivity contribution in [2.45, 2.75) is 0 Å². The number of amides is 6.